The van der Waals surface area contributed by atoms with E-state index in [4.69, 9.17) is 9.47 Å². The van der Waals surface area contributed by atoms with E-state index in [1.165, 1.54) is 12.2 Å². The lowest BCUT2D eigenvalue weighted by atomic mass is 9.46. The Balaban J connectivity index is 1.55. The number of carbonyl (C=O) groups is 3. The van der Waals surface area contributed by atoms with Gasteiger partial charge < -0.3 is 19.7 Å². The summed E-state index contributed by atoms with van der Waals surface area (Å²) in [6, 6.07) is 0. The van der Waals surface area contributed by atoms with Crippen LogP contribution >= 0.6 is 0 Å². The van der Waals surface area contributed by atoms with Crippen molar-refractivity contribution in [2.75, 3.05) is 6.61 Å². The van der Waals surface area contributed by atoms with Crippen LogP contribution < -0.4 is 0 Å². The zero-order chi connectivity index (χ0) is 22.6. The van der Waals surface area contributed by atoms with E-state index >= 15 is 4.39 Å². The van der Waals surface area contributed by atoms with Crippen molar-refractivity contribution in [1.29, 1.82) is 0 Å². The van der Waals surface area contributed by atoms with Gasteiger partial charge in [-0.2, -0.15) is 0 Å². The molecular weight excluding hydrogens is 407 g/mol. The number of aliphatic hydroxyl groups excluding tert-OH is 1. The van der Waals surface area contributed by atoms with E-state index in [1.54, 1.807) is 13.0 Å². The molecule has 3 saturated carbocycles. The van der Waals surface area contributed by atoms with Crippen LogP contribution in [0.1, 0.15) is 40.0 Å². The van der Waals surface area contributed by atoms with Gasteiger partial charge in [-0.15, -0.1) is 0 Å². The third-order valence-electron chi connectivity index (χ3n) is 8.97. The molecule has 8 heteroatoms. The van der Waals surface area contributed by atoms with Crippen LogP contribution in [0.5, 0.6) is 0 Å². The monoisotopic (exact) mass is 434 g/mol. The minimum absolute atomic E-state index is 0.0975. The number of halogens is 1. The number of epoxide rings is 1. The van der Waals surface area contributed by atoms with E-state index < -0.39 is 52.7 Å². The van der Waals surface area contributed by atoms with Crippen LogP contribution in [-0.2, 0) is 23.9 Å². The molecular formula is C23H27FO7. The molecule has 4 fully saturated rings. The lowest BCUT2D eigenvalue weighted by Gasteiger charge is -2.56. The smallest absolute Gasteiger partial charge is 0.303 e. The van der Waals surface area contributed by atoms with Gasteiger partial charge in [-0.1, -0.05) is 13.0 Å². The summed E-state index contributed by atoms with van der Waals surface area (Å²) < 4.78 is 26.5. The number of ketones is 2. The van der Waals surface area contributed by atoms with Gasteiger partial charge in [-0.25, -0.2) is 4.39 Å². The standard InChI is InChI=1S/C23H27FO7/c1-11(25)30-10-18(28)22(29)17(27)8-13-14-7-16(24)15-6-12(26)4-5-20(15,2)23(14)19(31-23)9-21(13,22)3/h4-6,13-14,16-17,19,27,29H,7-10H2,1-3H3/t13-,14-,16+,17+,19?,20-,21-,22-,23?/m0/s1. The van der Waals surface area contributed by atoms with Gasteiger partial charge in [0.25, 0.3) is 0 Å². The second kappa shape index (κ2) is 6.11. The van der Waals surface area contributed by atoms with Crippen LogP contribution in [0.3, 0.4) is 0 Å². The molecule has 9 atom stereocenters. The van der Waals surface area contributed by atoms with Crippen LogP contribution in [0.4, 0.5) is 4.39 Å². The summed E-state index contributed by atoms with van der Waals surface area (Å²) in [5.41, 5.74) is -4.30. The number of fused-ring (bicyclic) bond motifs is 3. The fourth-order valence-electron chi connectivity index (χ4n) is 7.44. The van der Waals surface area contributed by atoms with Crippen molar-refractivity contribution in [1.82, 2.24) is 0 Å². The molecule has 168 valence electrons. The normalized spacial score (nSPS) is 51.7. The molecule has 0 bridgehead atoms. The number of esters is 1. The van der Waals surface area contributed by atoms with Gasteiger partial charge in [-0.3, -0.25) is 14.4 Å². The number of allylic oxidation sites excluding steroid dienone is 2. The Morgan fingerprint density at radius 2 is 2.00 bits per heavy atom. The molecule has 1 saturated heterocycles. The third-order valence-corrected chi connectivity index (χ3v) is 8.97. The summed E-state index contributed by atoms with van der Waals surface area (Å²) in [5, 5.41) is 22.4. The first kappa shape index (κ1) is 21.0. The highest BCUT2D eigenvalue weighted by atomic mass is 19.1. The summed E-state index contributed by atoms with van der Waals surface area (Å²) in [5.74, 6) is -2.38. The predicted molar refractivity (Wildman–Crippen MR) is 104 cm³/mol. The Labute approximate surface area is 179 Å². The van der Waals surface area contributed by atoms with Crippen molar-refractivity contribution in [3.05, 3.63) is 23.8 Å². The molecule has 5 rings (SSSR count). The van der Waals surface area contributed by atoms with Gasteiger partial charge in [0.05, 0.1) is 12.2 Å². The predicted octanol–water partition coefficient (Wildman–Crippen LogP) is 1.21. The SMILES string of the molecule is CC(=O)OCC(=O)[C@@]1(O)[C@H](O)C[C@H]2[C@@H]3C[C@@H](F)C4=CC(=O)C=C[C@]4(C)C34OC4C[C@@]21C. The van der Waals surface area contributed by atoms with E-state index in [9.17, 15) is 24.6 Å². The van der Waals surface area contributed by atoms with Crippen LogP contribution in [-0.4, -0.2) is 63.9 Å². The van der Waals surface area contributed by atoms with Crippen LogP contribution in [0, 0.1) is 22.7 Å². The minimum atomic E-state index is -2.12. The molecule has 2 N–H and O–H groups in total. The summed E-state index contributed by atoms with van der Waals surface area (Å²) in [4.78, 5) is 36.0. The van der Waals surface area contributed by atoms with E-state index in [0.29, 0.717) is 12.0 Å². The summed E-state index contributed by atoms with van der Waals surface area (Å²) in [7, 11) is 0. The first-order chi connectivity index (χ1) is 14.4. The highest BCUT2D eigenvalue weighted by Crippen LogP contribution is 2.76. The molecule has 1 spiro atoms. The summed E-state index contributed by atoms with van der Waals surface area (Å²) in [6.07, 6.45) is 2.00. The molecule has 4 aliphatic carbocycles. The Hall–Kier alpha value is -1.90. The number of carbonyl (C=O) groups excluding carboxylic acids is 3. The molecule has 0 aromatic rings. The fraction of sp³-hybridized carbons (Fsp3) is 0.696. The van der Waals surface area contributed by atoms with Crippen molar-refractivity contribution < 1.29 is 38.5 Å². The lowest BCUT2D eigenvalue weighted by molar-refractivity contribution is -0.178. The highest BCUT2D eigenvalue weighted by Gasteiger charge is 2.83. The molecule has 2 unspecified atom stereocenters. The second-order valence-corrected chi connectivity index (χ2v) is 10.2. The Morgan fingerprint density at radius 3 is 2.68 bits per heavy atom. The quantitative estimate of drug-likeness (QED) is 0.507. The Bertz CT molecular complexity index is 958. The number of rotatable bonds is 3. The van der Waals surface area contributed by atoms with Gasteiger partial charge in [-0.05, 0) is 55.7 Å². The number of hydrogen-bond donors (Lipinski definition) is 2. The van der Waals surface area contributed by atoms with Crippen molar-refractivity contribution >= 4 is 17.5 Å². The van der Waals surface area contributed by atoms with Crippen molar-refractivity contribution in [3.63, 3.8) is 0 Å². The molecule has 1 heterocycles. The molecule has 1 aliphatic heterocycles. The van der Waals surface area contributed by atoms with Crippen molar-refractivity contribution in [2.24, 2.45) is 22.7 Å². The average molecular weight is 434 g/mol. The maximum Gasteiger partial charge on any atom is 0.303 e. The molecule has 0 radical (unpaired) electrons. The van der Waals surface area contributed by atoms with E-state index in [-0.39, 0.29) is 36.6 Å². The largest absolute Gasteiger partial charge is 0.458 e. The third kappa shape index (κ3) is 2.31. The van der Waals surface area contributed by atoms with E-state index in [2.05, 4.69) is 0 Å². The second-order valence-electron chi connectivity index (χ2n) is 10.2. The van der Waals surface area contributed by atoms with Crippen LogP contribution in [0.2, 0.25) is 0 Å². The fourth-order valence-corrected chi connectivity index (χ4v) is 7.44. The van der Waals surface area contributed by atoms with Crippen molar-refractivity contribution in [2.45, 2.75) is 69.6 Å². The van der Waals surface area contributed by atoms with Crippen LogP contribution in [0.25, 0.3) is 0 Å². The van der Waals surface area contributed by atoms with Gasteiger partial charge in [0.1, 0.15) is 11.8 Å². The number of ether oxygens (including phenoxy) is 2. The van der Waals surface area contributed by atoms with Gasteiger partial charge >= 0.3 is 5.97 Å². The number of aliphatic hydroxyl groups is 2. The molecule has 0 aromatic heterocycles. The highest BCUT2D eigenvalue weighted by molar-refractivity contribution is 6.01. The van der Waals surface area contributed by atoms with E-state index in [1.807, 2.05) is 6.92 Å². The average Bonchev–Trinajstić information content (AvgIpc) is 3.38. The number of hydrogen-bond acceptors (Lipinski definition) is 7. The Kier molecular flexibility index (Phi) is 4.14. The van der Waals surface area contributed by atoms with Crippen LogP contribution in [0.15, 0.2) is 23.8 Å². The summed E-state index contributed by atoms with van der Waals surface area (Å²) >= 11 is 0. The zero-order valence-electron chi connectivity index (χ0n) is 17.8. The molecule has 7 nitrogen and oxygen atoms in total. The summed E-state index contributed by atoms with van der Waals surface area (Å²) in [6.45, 7) is 4.16. The molecule has 31 heavy (non-hydrogen) atoms. The first-order valence-electron chi connectivity index (χ1n) is 10.8. The lowest BCUT2D eigenvalue weighted by Crippen LogP contribution is -2.64. The molecule has 0 aromatic carbocycles. The van der Waals surface area contributed by atoms with Crippen molar-refractivity contribution in [3.8, 4) is 0 Å². The van der Waals surface area contributed by atoms with Gasteiger partial charge in [0, 0.05) is 17.8 Å². The first-order valence-corrected chi connectivity index (χ1v) is 10.8. The molecule has 5 aliphatic rings. The van der Waals surface area contributed by atoms with Gasteiger partial charge in [0.2, 0.25) is 5.78 Å². The number of alkyl halides is 1. The number of Topliss-reactive ketones (excluding diaryl/α,β-unsaturated/α-hetero) is 1. The van der Waals surface area contributed by atoms with Gasteiger partial charge in [0.15, 0.2) is 18.0 Å². The topological polar surface area (TPSA) is 113 Å². The maximum atomic E-state index is 15.4. The molecule has 0 amide bonds. The Morgan fingerprint density at radius 1 is 1.29 bits per heavy atom. The zero-order valence-corrected chi connectivity index (χ0v) is 17.8. The van der Waals surface area contributed by atoms with E-state index in [0.717, 1.165) is 6.92 Å². The maximum absolute atomic E-state index is 15.4. The minimum Gasteiger partial charge on any atom is -0.458 e.